The Bertz CT molecular complexity index is 274. The smallest absolute Gasteiger partial charge is 0.0489 e. The quantitative estimate of drug-likeness (QED) is 0.726. The van der Waals surface area contributed by atoms with Gasteiger partial charge < -0.3 is 10.1 Å². The Balaban J connectivity index is 1.74. The summed E-state index contributed by atoms with van der Waals surface area (Å²) in [4.78, 5) is 2.74. The molecule has 1 saturated heterocycles. The SMILES string of the molecule is CCC1CNC2(CCCC2)CN1CCCOCC(C)C. The Morgan fingerprint density at radius 2 is 2.05 bits per heavy atom. The van der Waals surface area contributed by atoms with Crippen LogP contribution in [0.4, 0.5) is 0 Å². The van der Waals surface area contributed by atoms with Crippen molar-refractivity contribution in [2.24, 2.45) is 5.92 Å². The second-order valence-corrected chi connectivity index (χ2v) is 7.22. The molecule has 20 heavy (non-hydrogen) atoms. The Kier molecular flexibility index (Phi) is 6.31. The highest BCUT2D eigenvalue weighted by atomic mass is 16.5. The highest BCUT2D eigenvalue weighted by Crippen LogP contribution is 2.33. The third-order valence-electron chi connectivity index (χ3n) is 4.95. The minimum absolute atomic E-state index is 0.449. The van der Waals surface area contributed by atoms with Crippen molar-refractivity contribution in [1.29, 1.82) is 0 Å². The van der Waals surface area contributed by atoms with Gasteiger partial charge in [-0.1, -0.05) is 33.6 Å². The van der Waals surface area contributed by atoms with Gasteiger partial charge in [0.1, 0.15) is 0 Å². The Hall–Kier alpha value is -0.120. The van der Waals surface area contributed by atoms with Crippen LogP contribution in [0, 0.1) is 5.92 Å². The molecule has 118 valence electrons. The van der Waals surface area contributed by atoms with Crippen LogP contribution in [0.1, 0.15) is 59.3 Å². The van der Waals surface area contributed by atoms with Gasteiger partial charge in [0.2, 0.25) is 0 Å². The minimum atomic E-state index is 0.449. The molecule has 0 aromatic rings. The molecule has 2 fully saturated rings. The summed E-state index contributed by atoms with van der Waals surface area (Å²) in [6.45, 7) is 12.2. The molecule has 1 unspecified atom stereocenters. The van der Waals surface area contributed by atoms with Gasteiger partial charge in [-0.25, -0.2) is 0 Å². The summed E-state index contributed by atoms with van der Waals surface area (Å²) in [6.07, 6.45) is 8.02. The van der Waals surface area contributed by atoms with E-state index in [4.69, 9.17) is 4.74 Å². The zero-order valence-corrected chi connectivity index (χ0v) is 13.8. The second-order valence-electron chi connectivity index (χ2n) is 7.22. The maximum Gasteiger partial charge on any atom is 0.0489 e. The molecule has 2 aliphatic rings. The molecule has 3 heteroatoms. The summed E-state index contributed by atoms with van der Waals surface area (Å²) in [6, 6.07) is 0.728. The first-order valence-corrected chi connectivity index (χ1v) is 8.72. The van der Waals surface area contributed by atoms with E-state index in [-0.39, 0.29) is 0 Å². The predicted octanol–water partition coefficient (Wildman–Crippen LogP) is 3.05. The third kappa shape index (κ3) is 4.44. The minimum Gasteiger partial charge on any atom is -0.381 e. The van der Waals surface area contributed by atoms with Crippen molar-refractivity contribution in [3.8, 4) is 0 Å². The van der Waals surface area contributed by atoms with Crippen LogP contribution in [0.3, 0.4) is 0 Å². The van der Waals surface area contributed by atoms with Crippen LogP contribution >= 0.6 is 0 Å². The predicted molar refractivity (Wildman–Crippen MR) is 85.1 cm³/mol. The lowest BCUT2D eigenvalue weighted by atomic mass is 9.91. The summed E-state index contributed by atoms with van der Waals surface area (Å²) in [7, 11) is 0. The third-order valence-corrected chi connectivity index (χ3v) is 4.95. The van der Waals surface area contributed by atoms with Crippen molar-refractivity contribution in [1.82, 2.24) is 10.2 Å². The molecule has 1 aliphatic heterocycles. The molecule has 0 bridgehead atoms. The van der Waals surface area contributed by atoms with Gasteiger partial charge in [0.05, 0.1) is 0 Å². The molecular formula is C17H34N2O. The standard InChI is InChI=1S/C17H34N2O/c1-4-16-12-18-17(8-5-6-9-17)14-19(16)10-7-11-20-13-15(2)3/h15-16,18H,4-14H2,1-3H3. The number of nitrogens with one attached hydrogen (secondary N) is 1. The van der Waals surface area contributed by atoms with Gasteiger partial charge in [0.25, 0.3) is 0 Å². The molecule has 3 nitrogen and oxygen atoms in total. The first kappa shape index (κ1) is 16.3. The van der Waals surface area contributed by atoms with E-state index in [0.717, 1.165) is 19.3 Å². The first-order valence-electron chi connectivity index (χ1n) is 8.72. The fourth-order valence-electron chi connectivity index (χ4n) is 3.78. The fraction of sp³-hybridized carbons (Fsp3) is 1.00. The molecule has 1 atom stereocenters. The van der Waals surface area contributed by atoms with E-state index in [9.17, 15) is 0 Å². The highest BCUT2D eigenvalue weighted by molar-refractivity contribution is 5.00. The van der Waals surface area contributed by atoms with Gasteiger partial charge in [0.15, 0.2) is 0 Å². The van der Waals surface area contributed by atoms with Crippen LogP contribution in [0.25, 0.3) is 0 Å². The molecule has 0 aromatic heterocycles. The lowest BCUT2D eigenvalue weighted by Crippen LogP contribution is -2.63. The van der Waals surface area contributed by atoms with E-state index in [1.807, 2.05) is 0 Å². The number of piperazine rings is 1. The monoisotopic (exact) mass is 282 g/mol. The molecule has 1 spiro atoms. The topological polar surface area (TPSA) is 24.5 Å². The van der Waals surface area contributed by atoms with E-state index < -0.39 is 0 Å². The second kappa shape index (κ2) is 7.77. The normalized spacial score (nSPS) is 26.7. The average Bonchev–Trinajstić information content (AvgIpc) is 2.86. The van der Waals surface area contributed by atoms with Crippen molar-refractivity contribution in [3.63, 3.8) is 0 Å². The molecule has 1 N–H and O–H groups in total. The lowest BCUT2D eigenvalue weighted by molar-refractivity contribution is 0.0573. The first-order chi connectivity index (χ1) is 9.65. The zero-order chi connectivity index (χ0) is 14.4. The maximum atomic E-state index is 5.73. The summed E-state index contributed by atoms with van der Waals surface area (Å²) in [5.74, 6) is 0.652. The van der Waals surface area contributed by atoms with E-state index >= 15 is 0 Å². The summed E-state index contributed by atoms with van der Waals surface area (Å²) >= 11 is 0. The number of hydrogen-bond donors (Lipinski definition) is 1. The van der Waals surface area contributed by atoms with E-state index in [2.05, 4.69) is 31.0 Å². The van der Waals surface area contributed by atoms with Crippen molar-refractivity contribution in [3.05, 3.63) is 0 Å². The summed E-state index contributed by atoms with van der Waals surface area (Å²) in [5.41, 5.74) is 0.449. The largest absolute Gasteiger partial charge is 0.381 e. The lowest BCUT2D eigenvalue weighted by Gasteiger charge is -2.46. The maximum absolute atomic E-state index is 5.73. The van der Waals surface area contributed by atoms with Crippen molar-refractivity contribution < 1.29 is 4.74 Å². The summed E-state index contributed by atoms with van der Waals surface area (Å²) in [5, 5.41) is 3.87. The van der Waals surface area contributed by atoms with Crippen molar-refractivity contribution in [2.45, 2.75) is 70.9 Å². The number of rotatable bonds is 7. The fourth-order valence-corrected chi connectivity index (χ4v) is 3.78. The zero-order valence-electron chi connectivity index (χ0n) is 13.8. The van der Waals surface area contributed by atoms with Crippen molar-refractivity contribution in [2.75, 3.05) is 32.8 Å². The Morgan fingerprint density at radius 3 is 2.70 bits per heavy atom. The Morgan fingerprint density at radius 1 is 1.30 bits per heavy atom. The van der Waals surface area contributed by atoms with Gasteiger partial charge in [-0.05, 0) is 31.6 Å². The molecule has 1 saturated carbocycles. The average molecular weight is 282 g/mol. The van der Waals surface area contributed by atoms with E-state index in [1.54, 1.807) is 0 Å². The highest BCUT2D eigenvalue weighted by Gasteiger charge is 2.40. The number of nitrogens with zero attached hydrogens (tertiary/aromatic N) is 1. The molecular weight excluding hydrogens is 248 g/mol. The summed E-state index contributed by atoms with van der Waals surface area (Å²) < 4.78 is 5.73. The van der Waals surface area contributed by atoms with Crippen molar-refractivity contribution >= 4 is 0 Å². The van der Waals surface area contributed by atoms with Crippen LogP contribution in [-0.2, 0) is 4.74 Å². The van der Waals surface area contributed by atoms with Crippen LogP contribution in [0.15, 0.2) is 0 Å². The van der Waals surface area contributed by atoms with E-state index in [1.165, 1.54) is 58.2 Å². The molecule has 1 heterocycles. The van der Waals surface area contributed by atoms with Crippen LogP contribution in [-0.4, -0.2) is 49.3 Å². The van der Waals surface area contributed by atoms with Gasteiger partial charge in [0, 0.05) is 44.4 Å². The molecule has 1 aliphatic carbocycles. The van der Waals surface area contributed by atoms with Gasteiger partial charge in [-0.3, -0.25) is 4.90 Å². The molecule has 0 amide bonds. The molecule has 0 aromatic carbocycles. The van der Waals surface area contributed by atoms with Gasteiger partial charge in [-0.2, -0.15) is 0 Å². The van der Waals surface area contributed by atoms with Gasteiger partial charge >= 0.3 is 0 Å². The Labute approximate surface area is 125 Å². The van der Waals surface area contributed by atoms with E-state index in [0.29, 0.717) is 11.5 Å². The van der Waals surface area contributed by atoms with Crippen LogP contribution in [0.5, 0.6) is 0 Å². The van der Waals surface area contributed by atoms with Gasteiger partial charge in [-0.15, -0.1) is 0 Å². The number of hydrogen-bond acceptors (Lipinski definition) is 3. The van der Waals surface area contributed by atoms with Crippen LogP contribution < -0.4 is 5.32 Å². The van der Waals surface area contributed by atoms with Crippen LogP contribution in [0.2, 0.25) is 0 Å². The molecule has 2 rings (SSSR count). The molecule has 0 radical (unpaired) electrons. The number of ether oxygens (including phenoxy) is 1.